The lowest BCUT2D eigenvalue weighted by molar-refractivity contribution is 0.0158. The first-order chi connectivity index (χ1) is 11.0. The summed E-state index contributed by atoms with van der Waals surface area (Å²) in [5, 5.41) is 3.28. The summed E-state index contributed by atoms with van der Waals surface area (Å²) in [6.45, 7) is 5.80. The van der Waals surface area contributed by atoms with E-state index in [0.29, 0.717) is 24.0 Å². The van der Waals surface area contributed by atoms with Gasteiger partial charge in [0, 0.05) is 29.1 Å². The molecule has 4 heteroatoms. The smallest absolute Gasteiger partial charge is 0.252 e. The zero-order valence-electron chi connectivity index (χ0n) is 14.1. The summed E-state index contributed by atoms with van der Waals surface area (Å²) >= 11 is 3.48. The van der Waals surface area contributed by atoms with Gasteiger partial charge < -0.3 is 5.32 Å². The van der Waals surface area contributed by atoms with E-state index in [4.69, 9.17) is 0 Å². The van der Waals surface area contributed by atoms with Crippen molar-refractivity contribution >= 4 is 21.8 Å². The average molecular weight is 379 g/mol. The van der Waals surface area contributed by atoms with Crippen LogP contribution in [0.1, 0.15) is 56.3 Å². The molecule has 1 unspecified atom stereocenters. The summed E-state index contributed by atoms with van der Waals surface area (Å²) in [6, 6.07) is 9.27. The van der Waals surface area contributed by atoms with Crippen LogP contribution >= 0.6 is 15.9 Å². The molecule has 1 aromatic rings. The highest BCUT2D eigenvalue weighted by atomic mass is 79.9. The maximum absolute atomic E-state index is 12.6. The quantitative estimate of drug-likeness (QED) is 0.850. The Hall–Kier alpha value is -0.870. The molecule has 1 amide bonds. The number of carbonyl (C=O) groups excluding carboxylic acids is 1. The van der Waals surface area contributed by atoms with Crippen LogP contribution in [-0.2, 0) is 0 Å². The van der Waals surface area contributed by atoms with Crippen molar-refractivity contribution in [3.8, 4) is 0 Å². The van der Waals surface area contributed by atoms with Gasteiger partial charge in [0.05, 0.1) is 5.56 Å². The van der Waals surface area contributed by atoms with E-state index in [1.165, 1.54) is 25.8 Å². The summed E-state index contributed by atoms with van der Waals surface area (Å²) in [5.74, 6) is 0.766. The fourth-order valence-electron chi connectivity index (χ4n) is 4.22. The minimum Gasteiger partial charge on any atom is -0.349 e. The van der Waals surface area contributed by atoms with Crippen molar-refractivity contribution in [2.75, 3.05) is 6.54 Å². The van der Waals surface area contributed by atoms with Crippen LogP contribution < -0.4 is 5.32 Å². The molecule has 0 radical (unpaired) electrons. The SMILES string of the molecule is CC(C)CN1[C@@H]2CCC[C@H]1CC(NC(=O)c1ccccc1Br)C2. The van der Waals surface area contributed by atoms with E-state index in [0.717, 1.165) is 22.9 Å². The van der Waals surface area contributed by atoms with Crippen LogP contribution in [0, 0.1) is 5.92 Å². The van der Waals surface area contributed by atoms with Crippen molar-refractivity contribution in [2.45, 2.75) is 64.1 Å². The molecule has 2 bridgehead atoms. The zero-order valence-corrected chi connectivity index (χ0v) is 15.7. The Balaban J connectivity index is 1.65. The lowest BCUT2D eigenvalue weighted by Gasteiger charge is -2.49. The van der Waals surface area contributed by atoms with Crippen LogP contribution in [0.15, 0.2) is 28.7 Å². The Labute approximate surface area is 148 Å². The third kappa shape index (κ3) is 3.97. The number of nitrogens with one attached hydrogen (secondary N) is 1. The fraction of sp³-hybridized carbons (Fsp3) is 0.632. The molecule has 126 valence electrons. The molecule has 2 heterocycles. The molecular weight excluding hydrogens is 352 g/mol. The number of halogens is 1. The number of piperidine rings is 2. The van der Waals surface area contributed by atoms with Crippen LogP contribution in [0.4, 0.5) is 0 Å². The Morgan fingerprint density at radius 3 is 2.52 bits per heavy atom. The van der Waals surface area contributed by atoms with Crippen LogP contribution in [0.2, 0.25) is 0 Å². The average Bonchev–Trinajstić information content (AvgIpc) is 2.47. The normalized spacial score (nSPS) is 27.9. The van der Waals surface area contributed by atoms with Crippen LogP contribution in [0.5, 0.6) is 0 Å². The van der Waals surface area contributed by atoms with E-state index < -0.39 is 0 Å². The van der Waals surface area contributed by atoms with Gasteiger partial charge in [-0.25, -0.2) is 0 Å². The van der Waals surface area contributed by atoms with Gasteiger partial charge in [-0.05, 0) is 59.7 Å². The predicted octanol–water partition coefficient (Wildman–Crippen LogP) is 4.22. The van der Waals surface area contributed by atoms with E-state index >= 15 is 0 Å². The lowest BCUT2D eigenvalue weighted by Crippen LogP contribution is -2.57. The number of rotatable bonds is 4. The topological polar surface area (TPSA) is 32.3 Å². The molecule has 2 aliphatic rings. The van der Waals surface area contributed by atoms with Gasteiger partial charge in [-0.15, -0.1) is 0 Å². The fourth-order valence-corrected chi connectivity index (χ4v) is 4.69. The van der Waals surface area contributed by atoms with Crippen LogP contribution in [0.25, 0.3) is 0 Å². The molecular formula is C19H27BrN2O. The third-order valence-corrected chi connectivity index (χ3v) is 5.85. The first-order valence-electron chi connectivity index (χ1n) is 8.85. The summed E-state index contributed by atoms with van der Waals surface area (Å²) in [4.78, 5) is 15.3. The first kappa shape index (κ1) is 17.0. The van der Waals surface area contributed by atoms with E-state index in [1.807, 2.05) is 24.3 Å². The summed E-state index contributed by atoms with van der Waals surface area (Å²) < 4.78 is 0.870. The lowest BCUT2D eigenvalue weighted by atomic mass is 9.81. The number of hydrogen-bond donors (Lipinski definition) is 1. The number of nitrogens with zero attached hydrogens (tertiary/aromatic N) is 1. The Kier molecular flexibility index (Phi) is 5.42. The molecule has 3 rings (SSSR count). The summed E-state index contributed by atoms with van der Waals surface area (Å²) in [6.07, 6.45) is 6.10. The molecule has 0 aromatic heterocycles. The molecule has 3 atom stereocenters. The number of benzene rings is 1. The maximum atomic E-state index is 12.6. The van der Waals surface area contributed by atoms with Crippen molar-refractivity contribution in [2.24, 2.45) is 5.92 Å². The standard InChI is InChI=1S/C19H27BrN2O/c1-13(2)12-22-15-6-5-7-16(22)11-14(10-15)21-19(23)17-8-3-4-9-18(17)20/h3-4,8-9,13-16H,5-7,10-12H2,1-2H3,(H,21,23)/t14?,15-,16+. The van der Waals surface area contributed by atoms with Gasteiger partial charge in [0.15, 0.2) is 0 Å². The maximum Gasteiger partial charge on any atom is 0.252 e. The van der Waals surface area contributed by atoms with Crippen molar-refractivity contribution in [3.63, 3.8) is 0 Å². The Morgan fingerprint density at radius 2 is 1.91 bits per heavy atom. The minimum absolute atomic E-state index is 0.0536. The number of carbonyl (C=O) groups is 1. The third-order valence-electron chi connectivity index (χ3n) is 5.16. The molecule has 2 fully saturated rings. The van der Waals surface area contributed by atoms with Gasteiger partial charge in [-0.3, -0.25) is 9.69 Å². The number of hydrogen-bond acceptors (Lipinski definition) is 2. The van der Waals surface area contributed by atoms with Gasteiger partial charge in [0.1, 0.15) is 0 Å². The highest BCUT2D eigenvalue weighted by Crippen LogP contribution is 2.34. The van der Waals surface area contributed by atoms with E-state index in [-0.39, 0.29) is 5.91 Å². The van der Waals surface area contributed by atoms with Crippen molar-refractivity contribution in [1.29, 1.82) is 0 Å². The summed E-state index contributed by atoms with van der Waals surface area (Å²) in [5.41, 5.74) is 0.738. The monoisotopic (exact) mass is 378 g/mol. The molecule has 0 spiro atoms. The second-order valence-electron chi connectivity index (χ2n) is 7.45. The second-order valence-corrected chi connectivity index (χ2v) is 8.31. The zero-order chi connectivity index (χ0) is 16.4. The molecule has 2 saturated heterocycles. The van der Waals surface area contributed by atoms with Crippen molar-refractivity contribution in [1.82, 2.24) is 10.2 Å². The molecule has 3 nitrogen and oxygen atoms in total. The van der Waals surface area contributed by atoms with Crippen LogP contribution in [-0.4, -0.2) is 35.5 Å². The van der Waals surface area contributed by atoms with Gasteiger partial charge in [0.2, 0.25) is 0 Å². The Morgan fingerprint density at radius 1 is 1.26 bits per heavy atom. The molecule has 0 saturated carbocycles. The molecule has 2 aliphatic heterocycles. The van der Waals surface area contributed by atoms with Crippen LogP contribution in [0.3, 0.4) is 0 Å². The van der Waals surface area contributed by atoms with E-state index in [1.54, 1.807) is 0 Å². The molecule has 1 aromatic carbocycles. The van der Waals surface area contributed by atoms with Gasteiger partial charge in [-0.1, -0.05) is 32.4 Å². The predicted molar refractivity (Wildman–Crippen MR) is 97.6 cm³/mol. The highest BCUT2D eigenvalue weighted by Gasteiger charge is 2.38. The van der Waals surface area contributed by atoms with Gasteiger partial charge >= 0.3 is 0 Å². The van der Waals surface area contributed by atoms with Gasteiger partial charge in [-0.2, -0.15) is 0 Å². The minimum atomic E-state index is 0.0536. The first-order valence-corrected chi connectivity index (χ1v) is 9.65. The molecule has 1 N–H and O–H groups in total. The second kappa shape index (κ2) is 7.35. The van der Waals surface area contributed by atoms with Gasteiger partial charge in [0.25, 0.3) is 5.91 Å². The Bertz CT molecular complexity index is 546. The van der Waals surface area contributed by atoms with E-state index in [2.05, 4.69) is 40.0 Å². The van der Waals surface area contributed by atoms with E-state index in [9.17, 15) is 4.79 Å². The molecule has 23 heavy (non-hydrogen) atoms. The molecule has 0 aliphatic carbocycles. The summed E-state index contributed by atoms with van der Waals surface area (Å²) in [7, 11) is 0. The number of amides is 1. The highest BCUT2D eigenvalue weighted by molar-refractivity contribution is 9.10. The van der Waals surface area contributed by atoms with Crippen molar-refractivity contribution < 1.29 is 4.79 Å². The number of fused-ring (bicyclic) bond motifs is 2. The van der Waals surface area contributed by atoms with Crippen molar-refractivity contribution in [3.05, 3.63) is 34.3 Å². The largest absolute Gasteiger partial charge is 0.349 e.